The van der Waals surface area contributed by atoms with Crippen LogP contribution in [-0.2, 0) is 21.3 Å². The van der Waals surface area contributed by atoms with E-state index in [2.05, 4.69) is 0 Å². The molecule has 1 aliphatic rings. The standard InChI is InChI=1S/C13H20N2O4S/c1-10-9-19-12(8-16)7-15(10)20(17,18)13-4-2-3-11(5-13)6-14/h2-5,10,12,16H,6-9,14H2,1H3. The van der Waals surface area contributed by atoms with Crippen LogP contribution in [0.4, 0.5) is 0 Å². The number of hydrogen-bond donors (Lipinski definition) is 2. The van der Waals surface area contributed by atoms with Crippen LogP contribution in [0, 0.1) is 0 Å². The van der Waals surface area contributed by atoms with Crippen molar-refractivity contribution < 1.29 is 18.3 Å². The Morgan fingerprint density at radius 2 is 2.25 bits per heavy atom. The van der Waals surface area contributed by atoms with Crippen molar-refractivity contribution >= 4 is 10.0 Å². The van der Waals surface area contributed by atoms with Crippen LogP contribution >= 0.6 is 0 Å². The Morgan fingerprint density at radius 3 is 2.90 bits per heavy atom. The molecule has 1 aromatic rings. The van der Waals surface area contributed by atoms with Crippen LogP contribution in [0.25, 0.3) is 0 Å². The Hall–Kier alpha value is -0.990. The predicted molar refractivity (Wildman–Crippen MR) is 74.5 cm³/mol. The minimum Gasteiger partial charge on any atom is -0.394 e. The van der Waals surface area contributed by atoms with Gasteiger partial charge in [-0.05, 0) is 24.6 Å². The van der Waals surface area contributed by atoms with Crippen LogP contribution < -0.4 is 5.73 Å². The van der Waals surface area contributed by atoms with Crippen LogP contribution in [0.5, 0.6) is 0 Å². The molecule has 0 radical (unpaired) electrons. The number of nitrogens with two attached hydrogens (primary N) is 1. The first kappa shape index (κ1) is 15.4. The van der Waals surface area contributed by atoms with Gasteiger partial charge in [-0.15, -0.1) is 0 Å². The van der Waals surface area contributed by atoms with Crippen LogP contribution in [-0.4, -0.2) is 49.7 Å². The summed E-state index contributed by atoms with van der Waals surface area (Å²) in [5.41, 5.74) is 6.32. The Balaban J connectivity index is 2.32. The van der Waals surface area contributed by atoms with Gasteiger partial charge in [0.1, 0.15) is 0 Å². The van der Waals surface area contributed by atoms with E-state index in [4.69, 9.17) is 15.6 Å². The third-order valence-corrected chi connectivity index (χ3v) is 5.37. The van der Waals surface area contributed by atoms with Crippen LogP contribution in [0.15, 0.2) is 29.2 Å². The van der Waals surface area contributed by atoms with E-state index >= 15 is 0 Å². The van der Waals surface area contributed by atoms with Gasteiger partial charge in [-0.3, -0.25) is 0 Å². The highest BCUT2D eigenvalue weighted by atomic mass is 32.2. The molecule has 0 aliphatic carbocycles. The SMILES string of the molecule is CC1COC(CO)CN1S(=O)(=O)c1cccc(CN)c1. The Morgan fingerprint density at radius 1 is 1.50 bits per heavy atom. The van der Waals surface area contributed by atoms with Gasteiger partial charge in [0.15, 0.2) is 0 Å². The van der Waals surface area contributed by atoms with Crippen LogP contribution in [0.2, 0.25) is 0 Å². The largest absolute Gasteiger partial charge is 0.394 e. The Labute approximate surface area is 119 Å². The van der Waals surface area contributed by atoms with Crippen molar-refractivity contribution in [1.82, 2.24) is 4.31 Å². The summed E-state index contributed by atoms with van der Waals surface area (Å²) >= 11 is 0. The van der Waals surface area contributed by atoms with E-state index < -0.39 is 16.1 Å². The van der Waals surface area contributed by atoms with Crippen molar-refractivity contribution in [2.24, 2.45) is 5.73 Å². The summed E-state index contributed by atoms with van der Waals surface area (Å²) in [6.07, 6.45) is -0.473. The van der Waals surface area contributed by atoms with Gasteiger partial charge >= 0.3 is 0 Å². The molecule has 1 fully saturated rings. The number of hydrogen-bond acceptors (Lipinski definition) is 5. The van der Waals surface area contributed by atoms with E-state index in [0.717, 1.165) is 5.56 Å². The summed E-state index contributed by atoms with van der Waals surface area (Å²) in [6, 6.07) is 6.36. The molecule has 6 nitrogen and oxygen atoms in total. The lowest BCUT2D eigenvalue weighted by Gasteiger charge is -2.36. The Bertz CT molecular complexity index is 561. The molecule has 0 aromatic heterocycles. The summed E-state index contributed by atoms with van der Waals surface area (Å²) in [7, 11) is -3.60. The molecular formula is C13H20N2O4S. The summed E-state index contributed by atoms with van der Waals surface area (Å²) in [5.74, 6) is 0. The zero-order valence-corrected chi connectivity index (χ0v) is 12.2. The molecule has 1 heterocycles. The molecule has 2 rings (SSSR count). The highest BCUT2D eigenvalue weighted by Gasteiger charge is 2.35. The quantitative estimate of drug-likeness (QED) is 0.811. The van der Waals surface area contributed by atoms with E-state index in [1.807, 2.05) is 0 Å². The van der Waals surface area contributed by atoms with E-state index in [9.17, 15) is 8.42 Å². The first-order valence-corrected chi connectivity index (χ1v) is 7.96. The van der Waals surface area contributed by atoms with Crippen LogP contribution in [0.1, 0.15) is 12.5 Å². The predicted octanol–water partition coefficient (Wildman–Crippen LogP) is -0.0844. The summed E-state index contributed by atoms with van der Waals surface area (Å²) in [4.78, 5) is 0.228. The molecule has 1 aromatic carbocycles. The van der Waals surface area contributed by atoms with Gasteiger partial charge in [0.05, 0.1) is 24.2 Å². The van der Waals surface area contributed by atoms with Gasteiger partial charge in [-0.25, -0.2) is 8.42 Å². The lowest BCUT2D eigenvalue weighted by atomic mass is 10.2. The maximum Gasteiger partial charge on any atom is 0.243 e. The fourth-order valence-corrected chi connectivity index (χ4v) is 3.92. The Kier molecular flexibility index (Phi) is 4.77. The van der Waals surface area contributed by atoms with Gasteiger partial charge < -0.3 is 15.6 Å². The van der Waals surface area contributed by atoms with Crippen molar-refractivity contribution in [3.05, 3.63) is 29.8 Å². The molecule has 2 atom stereocenters. The molecule has 0 saturated carbocycles. The van der Waals surface area contributed by atoms with E-state index in [1.165, 1.54) is 4.31 Å². The smallest absolute Gasteiger partial charge is 0.243 e. The van der Waals surface area contributed by atoms with Crippen molar-refractivity contribution in [3.8, 4) is 0 Å². The molecular weight excluding hydrogens is 280 g/mol. The maximum absolute atomic E-state index is 12.7. The number of aliphatic hydroxyl groups is 1. The molecule has 0 amide bonds. The molecule has 1 saturated heterocycles. The van der Waals surface area contributed by atoms with E-state index in [0.29, 0.717) is 6.54 Å². The number of aliphatic hydroxyl groups excluding tert-OH is 1. The first-order chi connectivity index (χ1) is 9.48. The van der Waals surface area contributed by atoms with Crippen molar-refractivity contribution in [2.45, 2.75) is 30.5 Å². The second-order valence-electron chi connectivity index (χ2n) is 4.91. The highest BCUT2D eigenvalue weighted by molar-refractivity contribution is 7.89. The molecule has 2 unspecified atom stereocenters. The molecule has 7 heteroatoms. The number of sulfonamides is 1. The monoisotopic (exact) mass is 300 g/mol. The number of morpholine rings is 1. The van der Waals surface area contributed by atoms with E-state index in [-0.39, 0.29) is 30.7 Å². The van der Waals surface area contributed by atoms with Crippen molar-refractivity contribution in [2.75, 3.05) is 19.8 Å². The minimum absolute atomic E-state index is 0.160. The highest BCUT2D eigenvalue weighted by Crippen LogP contribution is 2.23. The van der Waals surface area contributed by atoms with Crippen molar-refractivity contribution in [1.29, 1.82) is 0 Å². The normalized spacial score (nSPS) is 24.8. The first-order valence-electron chi connectivity index (χ1n) is 6.52. The van der Waals surface area contributed by atoms with E-state index in [1.54, 1.807) is 31.2 Å². The van der Waals surface area contributed by atoms with Gasteiger partial charge in [0.25, 0.3) is 0 Å². The van der Waals surface area contributed by atoms with Crippen molar-refractivity contribution in [3.63, 3.8) is 0 Å². The van der Waals surface area contributed by atoms with Gasteiger partial charge in [-0.2, -0.15) is 4.31 Å². The summed E-state index contributed by atoms with van der Waals surface area (Å²) in [5, 5.41) is 9.15. The average Bonchev–Trinajstić information content (AvgIpc) is 2.47. The maximum atomic E-state index is 12.7. The summed E-state index contributed by atoms with van der Waals surface area (Å²) < 4.78 is 32.1. The fraction of sp³-hybridized carbons (Fsp3) is 0.538. The third kappa shape index (κ3) is 3.02. The molecule has 20 heavy (non-hydrogen) atoms. The van der Waals surface area contributed by atoms with Crippen LogP contribution in [0.3, 0.4) is 0 Å². The number of nitrogens with zero attached hydrogens (tertiary/aromatic N) is 1. The average molecular weight is 300 g/mol. The fourth-order valence-electron chi connectivity index (χ4n) is 2.21. The second-order valence-corrected chi connectivity index (χ2v) is 6.80. The third-order valence-electron chi connectivity index (χ3n) is 3.39. The molecule has 1 aliphatic heterocycles. The molecule has 112 valence electrons. The van der Waals surface area contributed by atoms with Gasteiger partial charge in [0.2, 0.25) is 10.0 Å². The number of rotatable bonds is 4. The molecule has 0 bridgehead atoms. The molecule has 3 N–H and O–H groups in total. The molecule has 0 spiro atoms. The van der Waals surface area contributed by atoms with Gasteiger partial charge in [0, 0.05) is 19.1 Å². The van der Waals surface area contributed by atoms with Gasteiger partial charge in [-0.1, -0.05) is 12.1 Å². The second kappa shape index (κ2) is 6.19. The summed E-state index contributed by atoms with van der Waals surface area (Å²) in [6.45, 7) is 2.33. The lowest BCUT2D eigenvalue weighted by molar-refractivity contribution is -0.0516. The number of ether oxygens (including phenoxy) is 1. The minimum atomic E-state index is -3.60. The zero-order valence-electron chi connectivity index (χ0n) is 11.4. The number of benzene rings is 1. The zero-order chi connectivity index (χ0) is 14.8. The lowest BCUT2D eigenvalue weighted by Crippen LogP contribution is -2.51. The topological polar surface area (TPSA) is 92.9 Å².